The number of amides is 1. The summed E-state index contributed by atoms with van der Waals surface area (Å²) in [5.74, 6) is 0.643. The van der Waals surface area contributed by atoms with Crippen molar-refractivity contribution in [2.45, 2.75) is 45.9 Å². The minimum absolute atomic E-state index is 0.232. The number of carbonyl (C=O) groups excluding carboxylic acids is 1. The van der Waals surface area contributed by atoms with Crippen molar-refractivity contribution in [3.05, 3.63) is 34.2 Å². The molecule has 2 N–H and O–H groups in total. The van der Waals surface area contributed by atoms with Gasteiger partial charge in [0.05, 0.1) is 6.20 Å². The number of nitrogens with zero attached hydrogens (tertiary/aromatic N) is 2. The number of hydrogen-bond acceptors (Lipinski definition) is 5. The van der Waals surface area contributed by atoms with E-state index in [0.717, 1.165) is 5.56 Å². The molecule has 0 spiro atoms. The molecule has 1 unspecified atom stereocenters. The Labute approximate surface area is 140 Å². The lowest BCUT2D eigenvalue weighted by Gasteiger charge is -2.20. The molecule has 1 amide bonds. The number of carbonyl (C=O) groups is 1. The molecule has 23 heavy (non-hydrogen) atoms. The summed E-state index contributed by atoms with van der Waals surface area (Å²) < 4.78 is 6.93. The van der Waals surface area contributed by atoms with Gasteiger partial charge < -0.3 is 10.1 Å². The minimum Gasteiger partial charge on any atom is -0.444 e. The Hall–Kier alpha value is -1.86. The van der Waals surface area contributed by atoms with Crippen LogP contribution in [0.25, 0.3) is 0 Å². The van der Waals surface area contributed by atoms with Crippen molar-refractivity contribution in [1.29, 1.82) is 0 Å². The number of aromatic nitrogens is 2. The average molecular weight is 336 g/mol. The van der Waals surface area contributed by atoms with Gasteiger partial charge in [0.25, 0.3) is 0 Å². The fraction of sp³-hybridized carbons (Fsp3) is 0.500. The third-order valence-corrected chi connectivity index (χ3v) is 3.98. The number of rotatable bonds is 5. The zero-order valence-electron chi connectivity index (χ0n) is 14.2. The highest BCUT2D eigenvalue weighted by Crippen LogP contribution is 2.19. The van der Waals surface area contributed by atoms with Crippen LogP contribution in [0.3, 0.4) is 0 Å². The van der Waals surface area contributed by atoms with Gasteiger partial charge in [-0.15, -0.1) is 0 Å². The third-order valence-electron chi connectivity index (χ3n) is 3.28. The van der Waals surface area contributed by atoms with Crippen molar-refractivity contribution in [1.82, 2.24) is 15.1 Å². The Bertz CT molecular complexity index is 644. The maximum absolute atomic E-state index is 12.0. The van der Waals surface area contributed by atoms with Gasteiger partial charge in [-0.2, -0.15) is 16.4 Å². The fourth-order valence-corrected chi connectivity index (χ4v) is 2.83. The molecule has 0 aliphatic heterocycles. The fourth-order valence-electron chi connectivity index (χ4n) is 2.08. The largest absolute Gasteiger partial charge is 0.444 e. The minimum atomic E-state index is -0.533. The van der Waals surface area contributed by atoms with E-state index < -0.39 is 11.7 Å². The van der Waals surface area contributed by atoms with Crippen molar-refractivity contribution in [2.75, 3.05) is 5.32 Å². The van der Waals surface area contributed by atoms with E-state index in [-0.39, 0.29) is 6.04 Å². The van der Waals surface area contributed by atoms with Gasteiger partial charge in [0.2, 0.25) is 0 Å². The number of anilines is 1. The Morgan fingerprint density at radius 1 is 1.48 bits per heavy atom. The van der Waals surface area contributed by atoms with E-state index in [0.29, 0.717) is 12.4 Å². The Kier molecular flexibility index (Phi) is 5.43. The monoisotopic (exact) mass is 336 g/mol. The van der Waals surface area contributed by atoms with E-state index in [1.54, 1.807) is 29.3 Å². The van der Waals surface area contributed by atoms with E-state index in [9.17, 15) is 4.79 Å². The summed E-state index contributed by atoms with van der Waals surface area (Å²) in [6, 6.07) is 2.33. The first-order chi connectivity index (χ1) is 10.8. The summed E-state index contributed by atoms with van der Waals surface area (Å²) in [6.07, 6.45) is 1.27. The average Bonchev–Trinajstić information content (AvgIpc) is 3.06. The molecule has 2 rings (SSSR count). The van der Waals surface area contributed by atoms with Crippen molar-refractivity contribution in [3.63, 3.8) is 0 Å². The Morgan fingerprint density at radius 2 is 2.22 bits per heavy atom. The molecular weight excluding hydrogens is 312 g/mol. The van der Waals surface area contributed by atoms with Crippen LogP contribution in [0.1, 0.15) is 44.9 Å². The van der Waals surface area contributed by atoms with Gasteiger partial charge in [0.15, 0.2) is 0 Å². The van der Waals surface area contributed by atoms with Crippen LogP contribution in [0.2, 0.25) is 0 Å². The van der Waals surface area contributed by atoms with Gasteiger partial charge in [0.1, 0.15) is 11.4 Å². The molecule has 0 fully saturated rings. The quantitative estimate of drug-likeness (QED) is 0.874. The molecule has 126 valence electrons. The number of hydrogen-bond donors (Lipinski definition) is 2. The summed E-state index contributed by atoms with van der Waals surface area (Å²) in [7, 11) is 1.79. The molecule has 0 radical (unpaired) electrons. The van der Waals surface area contributed by atoms with Gasteiger partial charge >= 0.3 is 6.09 Å². The van der Waals surface area contributed by atoms with E-state index in [2.05, 4.69) is 39.5 Å². The number of nitrogens with one attached hydrogen (secondary N) is 2. The lowest BCUT2D eigenvalue weighted by Crippen LogP contribution is -2.28. The number of aryl methyl sites for hydroxylation is 1. The zero-order chi connectivity index (χ0) is 17.0. The molecule has 0 bridgehead atoms. The molecule has 0 saturated heterocycles. The smallest absolute Gasteiger partial charge is 0.413 e. The van der Waals surface area contributed by atoms with Crippen LogP contribution in [0.4, 0.5) is 10.6 Å². The van der Waals surface area contributed by atoms with Gasteiger partial charge in [-0.3, -0.25) is 10.00 Å². The topological polar surface area (TPSA) is 68.2 Å². The highest BCUT2D eigenvalue weighted by molar-refractivity contribution is 7.07. The van der Waals surface area contributed by atoms with Crippen LogP contribution in [0.15, 0.2) is 23.0 Å². The molecule has 6 nitrogen and oxygen atoms in total. The molecule has 2 aromatic heterocycles. The Morgan fingerprint density at radius 3 is 2.83 bits per heavy atom. The SMILES string of the molecule is CC(NCc1cnn(C)c1NC(=O)OC(C)(C)C)c1ccsc1. The molecule has 2 aromatic rings. The molecule has 0 saturated carbocycles. The molecular formula is C16H24N4O2S. The highest BCUT2D eigenvalue weighted by atomic mass is 32.1. The summed E-state index contributed by atoms with van der Waals surface area (Å²) in [5, 5.41) is 14.6. The first-order valence-corrected chi connectivity index (χ1v) is 8.47. The molecule has 1 atom stereocenters. The van der Waals surface area contributed by atoms with Crippen molar-refractivity contribution >= 4 is 23.2 Å². The first-order valence-electron chi connectivity index (χ1n) is 7.52. The second-order valence-electron chi connectivity index (χ2n) is 6.43. The van der Waals surface area contributed by atoms with Gasteiger partial charge in [-0.05, 0) is 50.1 Å². The van der Waals surface area contributed by atoms with Crippen molar-refractivity contribution < 1.29 is 9.53 Å². The highest BCUT2D eigenvalue weighted by Gasteiger charge is 2.19. The second-order valence-corrected chi connectivity index (χ2v) is 7.21. The van der Waals surface area contributed by atoms with Gasteiger partial charge in [-0.1, -0.05) is 0 Å². The second kappa shape index (κ2) is 7.14. The lowest BCUT2D eigenvalue weighted by molar-refractivity contribution is 0.0634. The van der Waals surface area contributed by atoms with Crippen LogP contribution in [-0.4, -0.2) is 21.5 Å². The zero-order valence-corrected chi connectivity index (χ0v) is 15.0. The van der Waals surface area contributed by atoms with Crippen LogP contribution >= 0.6 is 11.3 Å². The van der Waals surface area contributed by atoms with E-state index in [1.165, 1.54) is 5.56 Å². The summed E-state index contributed by atoms with van der Waals surface area (Å²) in [6.45, 7) is 8.22. The summed E-state index contributed by atoms with van der Waals surface area (Å²) >= 11 is 1.68. The van der Waals surface area contributed by atoms with Crippen LogP contribution in [0, 0.1) is 0 Å². The molecule has 0 aliphatic carbocycles. The number of ether oxygens (including phenoxy) is 1. The Balaban J connectivity index is 1.99. The van der Waals surface area contributed by atoms with E-state index >= 15 is 0 Å². The maximum atomic E-state index is 12.0. The van der Waals surface area contributed by atoms with Crippen molar-refractivity contribution in [3.8, 4) is 0 Å². The van der Waals surface area contributed by atoms with Crippen molar-refractivity contribution in [2.24, 2.45) is 7.05 Å². The van der Waals surface area contributed by atoms with Crippen LogP contribution in [-0.2, 0) is 18.3 Å². The molecule has 7 heteroatoms. The van der Waals surface area contributed by atoms with Crippen LogP contribution < -0.4 is 10.6 Å². The van der Waals surface area contributed by atoms with Gasteiger partial charge in [-0.25, -0.2) is 4.79 Å². The lowest BCUT2D eigenvalue weighted by atomic mass is 10.2. The standard InChI is InChI=1S/C16H24N4O2S/c1-11(12-6-7-23-10-12)17-8-13-9-18-20(5)14(13)19-15(21)22-16(2,3)4/h6-7,9-11,17H,8H2,1-5H3,(H,19,21). The third kappa shape index (κ3) is 5.07. The first kappa shape index (κ1) is 17.5. The molecule has 0 aromatic carbocycles. The summed E-state index contributed by atoms with van der Waals surface area (Å²) in [4.78, 5) is 12.0. The normalized spacial score (nSPS) is 12.9. The molecule has 2 heterocycles. The van der Waals surface area contributed by atoms with Crippen LogP contribution in [0.5, 0.6) is 0 Å². The van der Waals surface area contributed by atoms with Gasteiger partial charge in [0, 0.05) is 25.2 Å². The molecule has 0 aliphatic rings. The van der Waals surface area contributed by atoms with E-state index in [4.69, 9.17) is 4.74 Å². The summed E-state index contributed by atoms with van der Waals surface area (Å²) in [5.41, 5.74) is 1.63. The predicted octanol–water partition coefficient (Wildman–Crippen LogP) is 3.68. The predicted molar refractivity (Wildman–Crippen MR) is 92.6 cm³/mol. The van der Waals surface area contributed by atoms with E-state index in [1.807, 2.05) is 20.8 Å². The number of thiophene rings is 1. The maximum Gasteiger partial charge on any atom is 0.413 e.